The molecule has 6 atom stereocenters. The monoisotopic (exact) mass is 378 g/mol. The summed E-state index contributed by atoms with van der Waals surface area (Å²) in [7, 11) is 0. The number of phenols is 1. The summed E-state index contributed by atoms with van der Waals surface area (Å²) in [5.41, 5.74) is 1.61. The van der Waals surface area contributed by atoms with Gasteiger partial charge in [-0.05, 0) is 67.3 Å². The van der Waals surface area contributed by atoms with Crippen LogP contribution in [0.2, 0.25) is 0 Å². The van der Waals surface area contributed by atoms with Crippen LogP contribution in [0.4, 0.5) is 13.2 Å². The summed E-state index contributed by atoms with van der Waals surface area (Å²) in [6.45, 7) is 1.06. The molecule has 144 valence electrons. The van der Waals surface area contributed by atoms with Crippen molar-refractivity contribution in [2.75, 3.05) is 13.1 Å². The number of hydrogen-bond donors (Lipinski definition) is 2. The van der Waals surface area contributed by atoms with E-state index in [4.69, 9.17) is 0 Å². The van der Waals surface area contributed by atoms with E-state index < -0.39 is 18.1 Å². The second-order valence-corrected chi connectivity index (χ2v) is 9.14. The van der Waals surface area contributed by atoms with Crippen LogP contribution in [-0.2, 0) is 16.6 Å². The van der Waals surface area contributed by atoms with Crippen molar-refractivity contribution in [1.82, 2.24) is 10.2 Å². The number of hydrogen-bond acceptors (Lipinski definition) is 3. The van der Waals surface area contributed by atoms with Crippen LogP contribution >= 0.6 is 0 Å². The maximum Gasteiger partial charge on any atom is 0.471 e. The molecule has 2 saturated carbocycles. The molecule has 1 aromatic rings. The molecule has 0 radical (unpaired) electrons. The number of rotatable bonds is 0. The normalized spacial score (nSPS) is 43.6. The lowest BCUT2D eigenvalue weighted by Crippen LogP contribution is -2.66. The lowest BCUT2D eigenvalue weighted by atomic mass is 9.51. The van der Waals surface area contributed by atoms with Gasteiger partial charge in [-0.2, -0.15) is 13.2 Å². The minimum absolute atomic E-state index is 0.149. The fraction of sp³-hybridized carbons (Fsp3) is 0.650. The first kappa shape index (κ1) is 16.2. The highest BCUT2D eigenvalue weighted by Gasteiger charge is 2.78. The molecule has 2 saturated heterocycles. The van der Waals surface area contributed by atoms with Gasteiger partial charge in [0.05, 0.1) is 0 Å². The van der Waals surface area contributed by atoms with E-state index in [1.54, 1.807) is 6.07 Å². The van der Waals surface area contributed by atoms with Gasteiger partial charge < -0.3 is 15.3 Å². The molecular formula is C20H21F3N2O2. The summed E-state index contributed by atoms with van der Waals surface area (Å²) in [6.07, 6.45) is -2.12. The zero-order valence-electron chi connectivity index (χ0n) is 14.7. The van der Waals surface area contributed by atoms with Gasteiger partial charge in [0.2, 0.25) is 0 Å². The number of aromatic hydroxyl groups is 1. The Balaban J connectivity index is 1.58. The van der Waals surface area contributed by atoms with Crippen molar-refractivity contribution >= 4 is 5.91 Å². The minimum atomic E-state index is -4.83. The number of phenolic OH excluding ortho intramolecular Hbond substituents is 1. The number of carbonyl (C=O) groups is 1. The Kier molecular flexibility index (Phi) is 2.77. The van der Waals surface area contributed by atoms with E-state index in [1.165, 1.54) is 0 Å². The van der Waals surface area contributed by atoms with Crippen molar-refractivity contribution in [3.05, 3.63) is 29.3 Å². The van der Waals surface area contributed by atoms with Gasteiger partial charge in [-0.25, -0.2) is 0 Å². The fourth-order valence-corrected chi connectivity index (χ4v) is 8.06. The summed E-state index contributed by atoms with van der Waals surface area (Å²) in [4.78, 5) is 13.4. The summed E-state index contributed by atoms with van der Waals surface area (Å²) in [6, 6.07) is 5.21. The molecular weight excluding hydrogens is 357 g/mol. The van der Waals surface area contributed by atoms with Crippen molar-refractivity contribution in [3.63, 3.8) is 0 Å². The molecule has 2 aliphatic heterocycles. The van der Waals surface area contributed by atoms with Gasteiger partial charge >= 0.3 is 12.1 Å². The topological polar surface area (TPSA) is 52.6 Å². The largest absolute Gasteiger partial charge is 0.508 e. The number of piperidine rings is 1. The van der Waals surface area contributed by atoms with Crippen LogP contribution < -0.4 is 5.32 Å². The van der Waals surface area contributed by atoms with Gasteiger partial charge in [0.15, 0.2) is 0 Å². The van der Waals surface area contributed by atoms with E-state index in [-0.39, 0.29) is 23.1 Å². The quantitative estimate of drug-likeness (QED) is 0.729. The first-order valence-corrected chi connectivity index (χ1v) is 9.71. The molecule has 4 bridgehead atoms. The van der Waals surface area contributed by atoms with Crippen LogP contribution in [0.1, 0.15) is 30.4 Å². The number of amides is 1. The highest BCUT2D eigenvalue weighted by Crippen LogP contribution is 2.76. The molecule has 2 heterocycles. The first-order valence-electron chi connectivity index (χ1n) is 9.71. The molecule has 2 N–H and O–H groups in total. The molecule has 7 heteroatoms. The van der Waals surface area contributed by atoms with Gasteiger partial charge in [-0.1, -0.05) is 6.07 Å². The highest BCUT2D eigenvalue weighted by atomic mass is 19.4. The third-order valence-electron chi connectivity index (χ3n) is 8.50. The van der Waals surface area contributed by atoms with Crippen LogP contribution in [0.5, 0.6) is 5.75 Å². The Bertz CT molecular complexity index is 855. The first-order chi connectivity index (χ1) is 12.8. The second-order valence-electron chi connectivity index (χ2n) is 9.14. The average molecular weight is 378 g/mol. The molecule has 0 aromatic heterocycles. The molecule has 3 aliphatic carbocycles. The van der Waals surface area contributed by atoms with Gasteiger partial charge in [-0.3, -0.25) is 4.79 Å². The molecule has 6 rings (SSSR count). The van der Waals surface area contributed by atoms with Gasteiger partial charge in [0.1, 0.15) is 5.75 Å². The van der Waals surface area contributed by atoms with Crippen molar-refractivity contribution in [1.29, 1.82) is 0 Å². The molecule has 1 aromatic carbocycles. The smallest absolute Gasteiger partial charge is 0.471 e. The lowest BCUT2D eigenvalue weighted by molar-refractivity contribution is -0.195. The number of nitrogens with zero attached hydrogens (tertiary/aromatic N) is 1. The lowest BCUT2D eigenvalue weighted by Gasteiger charge is -2.60. The maximum atomic E-state index is 13.3. The maximum absolute atomic E-state index is 13.3. The van der Waals surface area contributed by atoms with E-state index >= 15 is 0 Å². The zero-order valence-corrected chi connectivity index (χ0v) is 14.7. The Morgan fingerprint density at radius 1 is 1.30 bits per heavy atom. The van der Waals surface area contributed by atoms with E-state index in [1.807, 2.05) is 12.1 Å². The molecule has 6 unspecified atom stereocenters. The van der Waals surface area contributed by atoms with Crippen molar-refractivity contribution in [3.8, 4) is 5.75 Å². The number of carbonyl (C=O) groups excluding carboxylic acids is 1. The summed E-state index contributed by atoms with van der Waals surface area (Å²) < 4.78 is 40.0. The molecule has 0 spiro atoms. The molecule has 4 fully saturated rings. The third-order valence-corrected chi connectivity index (χ3v) is 8.50. The summed E-state index contributed by atoms with van der Waals surface area (Å²) >= 11 is 0. The summed E-state index contributed by atoms with van der Waals surface area (Å²) in [5.74, 6) is -0.630. The van der Waals surface area contributed by atoms with E-state index in [9.17, 15) is 23.1 Å². The molecule has 27 heavy (non-hydrogen) atoms. The van der Waals surface area contributed by atoms with Gasteiger partial charge in [0, 0.05) is 29.5 Å². The number of nitrogens with one attached hydrogen (secondary N) is 1. The van der Waals surface area contributed by atoms with Crippen molar-refractivity contribution in [2.24, 2.45) is 17.3 Å². The number of benzene rings is 1. The summed E-state index contributed by atoms with van der Waals surface area (Å²) in [5, 5.41) is 13.8. The zero-order chi connectivity index (χ0) is 18.8. The molecule has 5 aliphatic rings. The van der Waals surface area contributed by atoms with E-state index in [0.717, 1.165) is 35.4 Å². The SMILES string of the molecule is O=C(N1CCC23c4cc(O)ccc4CC1C21CC2CNC(C1)C23)C(F)(F)F. The van der Waals surface area contributed by atoms with E-state index in [0.29, 0.717) is 30.7 Å². The number of likely N-dealkylation sites (tertiary alicyclic amines) is 1. The van der Waals surface area contributed by atoms with Crippen LogP contribution in [0, 0.1) is 17.3 Å². The number of halogens is 3. The Hall–Kier alpha value is -1.76. The van der Waals surface area contributed by atoms with E-state index in [2.05, 4.69) is 5.32 Å². The van der Waals surface area contributed by atoms with Gasteiger partial charge in [-0.15, -0.1) is 0 Å². The Labute approximate surface area is 154 Å². The molecule has 1 amide bonds. The Morgan fingerprint density at radius 3 is 2.85 bits per heavy atom. The predicted octanol–water partition coefficient (Wildman–Crippen LogP) is 2.35. The number of fused-ring (bicyclic) bond motifs is 1. The van der Waals surface area contributed by atoms with Crippen LogP contribution in [0.3, 0.4) is 0 Å². The van der Waals surface area contributed by atoms with Crippen molar-refractivity contribution < 1.29 is 23.1 Å². The van der Waals surface area contributed by atoms with Crippen LogP contribution in [-0.4, -0.2) is 47.3 Å². The number of alkyl halides is 3. The van der Waals surface area contributed by atoms with Crippen LogP contribution in [0.15, 0.2) is 18.2 Å². The minimum Gasteiger partial charge on any atom is -0.508 e. The van der Waals surface area contributed by atoms with Crippen LogP contribution in [0.25, 0.3) is 0 Å². The van der Waals surface area contributed by atoms with Crippen molar-refractivity contribution in [2.45, 2.75) is 49.4 Å². The Morgan fingerprint density at radius 2 is 2.11 bits per heavy atom. The standard InChI is InChI=1S/C20H21F3N2O2/c21-20(22,23)17(27)25-4-3-19-13-6-12(26)2-1-10(13)5-15(25)18(19)7-11-9-24-14(8-18)16(11)19/h1-2,6,11,14-16,24,26H,3-5,7-9H2. The average Bonchev–Trinajstić information content (AvgIpc) is 3.16. The second kappa shape index (κ2) is 4.62. The fourth-order valence-electron chi connectivity index (χ4n) is 8.06. The highest BCUT2D eigenvalue weighted by molar-refractivity contribution is 5.83. The predicted molar refractivity (Wildman–Crippen MR) is 90.1 cm³/mol. The third kappa shape index (κ3) is 1.65. The van der Waals surface area contributed by atoms with Gasteiger partial charge in [0.25, 0.3) is 0 Å². The molecule has 4 nitrogen and oxygen atoms in total.